The summed E-state index contributed by atoms with van der Waals surface area (Å²) >= 11 is 3.15. The van der Waals surface area contributed by atoms with Crippen LogP contribution in [0.5, 0.6) is 0 Å². The second-order valence-electron chi connectivity index (χ2n) is 5.10. The predicted molar refractivity (Wildman–Crippen MR) is 89.5 cm³/mol. The zero-order chi connectivity index (χ0) is 15.5. The molecule has 0 radical (unpaired) electrons. The minimum absolute atomic E-state index is 0.0346. The fraction of sp³-hybridized carbons (Fsp3) is 0.333. The van der Waals surface area contributed by atoms with Crippen LogP contribution in [-0.2, 0) is 4.79 Å². The summed E-state index contributed by atoms with van der Waals surface area (Å²) in [6, 6.07) is 7.59. The van der Waals surface area contributed by atoms with Gasteiger partial charge in [0.25, 0.3) is 0 Å². The zero-order valence-electron chi connectivity index (χ0n) is 12.2. The number of anilines is 1. The third-order valence-corrected chi connectivity index (χ3v) is 5.54. The van der Waals surface area contributed by atoms with Gasteiger partial charge in [-0.25, -0.2) is 4.79 Å². The number of nitrogens with zero attached hydrogens (tertiary/aromatic N) is 2. The molecule has 5 nitrogen and oxygen atoms in total. The van der Waals surface area contributed by atoms with E-state index >= 15 is 0 Å². The average molecular weight is 335 g/mol. The standard InChI is InChI=1S/C15H17N3O2S2/c1-11(12-4-2-8-21-12)16-15(20)17-6-7-18(13(19)10-17)14-5-3-9-22-14/h2-5,8-9,11H,6-7,10H2,1H3,(H,16,20). The summed E-state index contributed by atoms with van der Waals surface area (Å²) in [5.74, 6) is -0.0346. The van der Waals surface area contributed by atoms with E-state index in [1.165, 1.54) is 11.3 Å². The summed E-state index contributed by atoms with van der Waals surface area (Å²) in [6.45, 7) is 3.17. The van der Waals surface area contributed by atoms with E-state index in [9.17, 15) is 9.59 Å². The van der Waals surface area contributed by atoms with Gasteiger partial charge in [0.05, 0.1) is 11.0 Å². The lowest BCUT2D eigenvalue weighted by molar-refractivity contribution is -0.120. The number of piperazine rings is 1. The highest BCUT2D eigenvalue weighted by Crippen LogP contribution is 2.23. The normalized spacial score (nSPS) is 16.7. The van der Waals surface area contributed by atoms with Gasteiger partial charge in [0.15, 0.2) is 0 Å². The van der Waals surface area contributed by atoms with Gasteiger partial charge < -0.3 is 15.1 Å². The summed E-state index contributed by atoms with van der Waals surface area (Å²) in [7, 11) is 0. The molecule has 0 aromatic carbocycles. The molecular formula is C15H17N3O2S2. The van der Waals surface area contributed by atoms with E-state index in [1.54, 1.807) is 21.1 Å². The highest BCUT2D eigenvalue weighted by molar-refractivity contribution is 7.14. The highest BCUT2D eigenvalue weighted by atomic mass is 32.1. The molecule has 1 fully saturated rings. The van der Waals surface area contributed by atoms with Crippen molar-refractivity contribution in [2.24, 2.45) is 0 Å². The first-order valence-corrected chi connectivity index (χ1v) is 8.84. The topological polar surface area (TPSA) is 52.7 Å². The molecule has 3 amide bonds. The maximum atomic E-state index is 12.3. The van der Waals surface area contributed by atoms with Gasteiger partial charge >= 0.3 is 6.03 Å². The maximum Gasteiger partial charge on any atom is 0.318 e. The molecule has 0 aliphatic carbocycles. The molecule has 22 heavy (non-hydrogen) atoms. The minimum Gasteiger partial charge on any atom is -0.331 e. The molecule has 1 unspecified atom stereocenters. The highest BCUT2D eigenvalue weighted by Gasteiger charge is 2.29. The first-order chi connectivity index (χ1) is 10.6. The van der Waals surface area contributed by atoms with E-state index in [-0.39, 0.29) is 24.5 Å². The summed E-state index contributed by atoms with van der Waals surface area (Å²) in [5, 5.41) is 7.83. The number of carbonyl (C=O) groups excluding carboxylic acids is 2. The fourth-order valence-corrected chi connectivity index (χ4v) is 3.90. The van der Waals surface area contributed by atoms with Crippen molar-refractivity contribution < 1.29 is 9.59 Å². The van der Waals surface area contributed by atoms with E-state index in [2.05, 4.69) is 5.32 Å². The monoisotopic (exact) mass is 335 g/mol. The SMILES string of the molecule is CC(NC(=O)N1CCN(c2cccs2)C(=O)C1)c1cccs1. The number of nitrogens with one attached hydrogen (secondary N) is 1. The van der Waals surface area contributed by atoms with Crippen LogP contribution >= 0.6 is 22.7 Å². The Morgan fingerprint density at radius 3 is 2.64 bits per heavy atom. The van der Waals surface area contributed by atoms with Crippen molar-refractivity contribution in [3.63, 3.8) is 0 Å². The molecule has 0 spiro atoms. The molecule has 3 heterocycles. The molecular weight excluding hydrogens is 318 g/mol. The number of thiophene rings is 2. The number of carbonyl (C=O) groups is 2. The van der Waals surface area contributed by atoms with Crippen LogP contribution in [0.1, 0.15) is 17.8 Å². The van der Waals surface area contributed by atoms with Crippen LogP contribution in [0.2, 0.25) is 0 Å². The minimum atomic E-state index is -0.180. The van der Waals surface area contributed by atoms with E-state index in [4.69, 9.17) is 0 Å². The Morgan fingerprint density at radius 1 is 1.23 bits per heavy atom. The van der Waals surface area contributed by atoms with Crippen LogP contribution in [0, 0.1) is 0 Å². The van der Waals surface area contributed by atoms with E-state index in [0.717, 1.165) is 9.88 Å². The van der Waals surface area contributed by atoms with Crippen LogP contribution in [0.4, 0.5) is 9.80 Å². The fourth-order valence-electron chi connectivity index (χ4n) is 2.39. The van der Waals surface area contributed by atoms with E-state index in [0.29, 0.717) is 13.1 Å². The third-order valence-electron chi connectivity index (χ3n) is 3.59. The summed E-state index contributed by atoms with van der Waals surface area (Å²) in [5.41, 5.74) is 0. The number of urea groups is 1. The Morgan fingerprint density at radius 2 is 2.00 bits per heavy atom. The van der Waals surface area contributed by atoms with E-state index in [1.807, 2.05) is 41.9 Å². The van der Waals surface area contributed by atoms with Gasteiger partial charge in [0.2, 0.25) is 5.91 Å². The van der Waals surface area contributed by atoms with Crippen LogP contribution in [-0.4, -0.2) is 36.5 Å². The van der Waals surface area contributed by atoms with Gasteiger partial charge in [-0.2, -0.15) is 0 Å². The van der Waals surface area contributed by atoms with Crippen molar-refractivity contribution in [2.45, 2.75) is 13.0 Å². The zero-order valence-corrected chi connectivity index (χ0v) is 13.8. The Balaban J connectivity index is 1.58. The Kier molecular flexibility index (Phi) is 4.44. The predicted octanol–water partition coefficient (Wildman–Crippen LogP) is 2.93. The lowest BCUT2D eigenvalue weighted by atomic mass is 10.2. The van der Waals surface area contributed by atoms with Crippen molar-refractivity contribution in [3.05, 3.63) is 39.9 Å². The molecule has 3 rings (SSSR count). The Labute approximate surface area is 137 Å². The third kappa shape index (κ3) is 3.15. The molecule has 7 heteroatoms. The molecule has 1 atom stereocenters. The Bertz CT molecular complexity index is 640. The molecule has 1 aliphatic rings. The number of hydrogen-bond acceptors (Lipinski definition) is 4. The van der Waals surface area contributed by atoms with Crippen molar-refractivity contribution in [1.29, 1.82) is 0 Å². The molecule has 2 aromatic heterocycles. The van der Waals surface area contributed by atoms with Crippen molar-refractivity contribution >= 4 is 39.6 Å². The number of amides is 3. The van der Waals surface area contributed by atoms with Gasteiger partial charge in [-0.3, -0.25) is 4.79 Å². The van der Waals surface area contributed by atoms with Crippen molar-refractivity contribution in [2.75, 3.05) is 24.5 Å². The maximum absolute atomic E-state index is 12.3. The first kappa shape index (κ1) is 15.1. The molecule has 1 saturated heterocycles. The first-order valence-electron chi connectivity index (χ1n) is 7.08. The van der Waals surface area contributed by atoms with Gasteiger partial charge in [0, 0.05) is 18.0 Å². The van der Waals surface area contributed by atoms with Gasteiger partial charge in [-0.05, 0) is 35.9 Å². The Hall–Kier alpha value is -1.86. The van der Waals surface area contributed by atoms with Crippen molar-refractivity contribution in [3.8, 4) is 0 Å². The summed E-state index contributed by atoms with van der Waals surface area (Å²) in [4.78, 5) is 29.0. The molecule has 2 aromatic rings. The summed E-state index contributed by atoms with van der Waals surface area (Å²) in [6.07, 6.45) is 0. The van der Waals surface area contributed by atoms with Gasteiger partial charge in [-0.1, -0.05) is 6.07 Å². The largest absolute Gasteiger partial charge is 0.331 e. The van der Waals surface area contributed by atoms with Crippen LogP contribution < -0.4 is 10.2 Å². The molecule has 116 valence electrons. The number of hydrogen-bond donors (Lipinski definition) is 1. The molecule has 1 N–H and O–H groups in total. The van der Waals surface area contributed by atoms with Crippen LogP contribution in [0.15, 0.2) is 35.0 Å². The lowest BCUT2D eigenvalue weighted by Crippen LogP contribution is -2.54. The quantitative estimate of drug-likeness (QED) is 0.938. The molecule has 1 aliphatic heterocycles. The van der Waals surface area contributed by atoms with E-state index < -0.39 is 0 Å². The lowest BCUT2D eigenvalue weighted by Gasteiger charge is -2.34. The second-order valence-corrected chi connectivity index (χ2v) is 7.01. The summed E-state index contributed by atoms with van der Waals surface area (Å²) < 4.78 is 0. The van der Waals surface area contributed by atoms with Crippen LogP contribution in [0.25, 0.3) is 0 Å². The van der Waals surface area contributed by atoms with Gasteiger partial charge in [-0.15, -0.1) is 22.7 Å². The average Bonchev–Trinajstić information content (AvgIpc) is 3.20. The number of rotatable bonds is 3. The molecule has 0 saturated carbocycles. The molecule has 0 bridgehead atoms. The van der Waals surface area contributed by atoms with Crippen LogP contribution in [0.3, 0.4) is 0 Å². The second kappa shape index (κ2) is 6.50. The van der Waals surface area contributed by atoms with Gasteiger partial charge in [0.1, 0.15) is 6.54 Å². The van der Waals surface area contributed by atoms with Crippen molar-refractivity contribution in [1.82, 2.24) is 10.2 Å². The smallest absolute Gasteiger partial charge is 0.318 e.